The van der Waals surface area contributed by atoms with E-state index in [1.807, 2.05) is 12.1 Å². The highest BCUT2D eigenvalue weighted by atomic mass is 16.5. The monoisotopic (exact) mass is 714 g/mol. The number of hydrogen-bond donors (Lipinski definition) is 0. The molecule has 0 amide bonds. The second kappa shape index (κ2) is 12.9. The summed E-state index contributed by atoms with van der Waals surface area (Å²) in [5.41, 5.74) is 16.0. The Morgan fingerprint density at radius 3 is 1.54 bits per heavy atom. The van der Waals surface area contributed by atoms with Crippen molar-refractivity contribution in [3.63, 3.8) is 0 Å². The summed E-state index contributed by atoms with van der Waals surface area (Å²) in [6.07, 6.45) is 0. The maximum Gasteiger partial charge on any atom is 0.160 e. The number of hydrogen-bond acceptors (Lipinski definition) is 3. The van der Waals surface area contributed by atoms with Gasteiger partial charge in [-0.05, 0) is 63.2 Å². The smallest absolute Gasteiger partial charge is 0.160 e. The molecule has 8 aromatic carbocycles. The highest BCUT2D eigenvalue weighted by Gasteiger charge is 2.51. The summed E-state index contributed by atoms with van der Waals surface area (Å²) in [6, 6.07) is 72.9. The summed E-state index contributed by atoms with van der Waals surface area (Å²) < 4.78 is 7.00. The number of para-hydroxylation sites is 2. The first kappa shape index (κ1) is 32.1. The summed E-state index contributed by atoms with van der Waals surface area (Å²) in [5.74, 6) is 2.41. The van der Waals surface area contributed by atoms with Crippen LogP contribution in [0.3, 0.4) is 0 Å². The molecule has 1 spiro atoms. The number of benzene rings is 8. The van der Waals surface area contributed by atoms with Gasteiger partial charge in [0.15, 0.2) is 5.82 Å². The molecule has 0 N–H and O–H groups in total. The normalized spacial score (nSPS) is 12.9. The quantitative estimate of drug-likeness (QED) is 0.178. The molecule has 0 atom stereocenters. The van der Waals surface area contributed by atoms with E-state index in [4.69, 9.17) is 14.7 Å². The molecule has 0 radical (unpaired) electrons. The molecule has 11 rings (SSSR count). The van der Waals surface area contributed by atoms with Crippen molar-refractivity contribution in [3.8, 4) is 78.8 Å². The van der Waals surface area contributed by atoms with Crippen LogP contribution in [-0.2, 0) is 5.41 Å². The lowest BCUT2D eigenvalue weighted by Gasteiger charge is -2.40. The van der Waals surface area contributed by atoms with E-state index >= 15 is 0 Å². The van der Waals surface area contributed by atoms with Gasteiger partial charge in [-0.1, -0.05) is 182 Å². The highest BCUT2D eigenvalue weighted by molar-refractivity contribution is 5.90. The molecule has 262 valence electrons. The van der Waals surface area contributed by atoms with Crippen molar-refractivity contribution >= 4 is 0 Å². The lowest BCUT2D eigenvalue weighted by Crippen LogP contribution is -2.32. The number of fused-ring (bicyclic) bond motifs is 9. The van der Waals surface area contributed by atoms with E-state index in [0.29, 0.717) is 5.82 Å². The molecule has 0 bridgehead atoms. The van der Waals surface area contributed by atoms with E-state index < -0.39 is 5.41 Å². The molecule has 2 aliphatic rings. The summed E-state index contributed by atoms with van der Waals surface area (Å²) in [5, 5.41) is 0. The van der Waals surface area contributed by atoms with Crippen LogP contribution in [0.2, 0.25) is 0 Å². The van der Waals surface area contributed by atoms with Gasteiger partial charge in [0.2, 0.25) is 0 Å². The van der Waals surface area contributed by atoms with Crippen molar-refractivity contribution in [1.29, 1.82) is 0 Å². The van der Waals surface area contributed by atoms with E-state index in [2.05, 4.69) is 194 Å². The molecule has 1 aliphatic carbocycles. The third-order valence-corrected chi connectivity index (χ3v) is 11.4. The predicted molar refractivity (Wildman–Crippen MR) is 227 cm³/mol. The zero-order valence-corrected chi connectivity index (χ0v) is 30.4. The first-order chi connectivity index (χ1) is 27.8. The van der Waals surface area contributed by atoms with Gasteiger partial charge in [-0.2, -0.15) is 0 Å². The van der Waals surface area contributed by atoms with Crippen LogP contribution < -0.4 is 4.74 Å². The topological polar surface area (TPSA) is 35.0 Å². The van der Waals surface area contributed by atoms with Crippen LogP contribution in [-0.4, -0.2) is 9.97 Å². The zero-order chi connectivity index (χ0) is 37.1. The Kier molecular flexibility index (Phi) is 7.39. The molecule has 0 fully saturated rings. The minimum absolute atomic E-state index is 0.526. The third kappa shape index (κ3) is 4.98. The summed E-state index contributed by atoms with van der Waals surface area (Å²) in [7, 11) is 0. The molecule has 0 unspecified atom stereocenters. The summed E-state index contributed by atoms with van der Waals surface area (Å²) >= 11 is 0. The number of ether oxygens (including phenoxy) is 1. The fourth-order valence-corrected chi connectivity index (χ4v) is 8.90. The molecule has 1 aliphatic heterocycles. The molecule has 1 aromatic heterocycles. The van der Waals surface area contributed by atoms with Crippen molar-refractivity contribution in [2.45, 2.75) is 5.41 Å². The Morgan fingerprint density at radius 1 is 0.321 bits per heavy atom. The fraction of sp³-hybridized carbons (Fsp3) is 0.0189. The van der Waals surface area contributed by atoms with E-state index in [1.165, 1.54) is 27.8 Å². The van der Waals surface area contributed by atoms with E-state index in [9.17, 15) is 0 Å². The maximum atomic E-state index is 7.00. The van der Waals surface area contributed by atoms with Gasteiger partial charge in [-0.25, -0.2) is 9.97 Å². The molecule has 56 heavy (non-hydrogen) atoms. The van der Waals surface area contributed by atoms with Gasteiger partial charge in [-0.3, -0.25) is 0 Å². The first-order valence-corrected chi connectivity index (χ1v) is 19.1. The lowest BCUT2D eigenvalue weighted by molar-refractivity contribution is 0.438. The number of nitrogens with zero attached hydrogens (tertiary/aromatic N) is 2. The first-order valence-electron chi connectivity index (χ1n) is 19.1. The van der Waals surface area contributed by atoms with Crippen LogP contribution in [0.1, 0.15) is 22.3 Å². The predicted octanol–water partition coefficient (Wildman–Crippen LogP) is 13.3. The molecular weight excluding hydrogens is 681 g/mol. The average Bonchev–Trinajstić information content (AvgIpc) is 3.57. The Hall–Kier alpha value is -7.36. The van der Waals surface area contributed by atoms with Crippen LogP contribution >= 0.6 is 0 Å². The SMILES string of the molecule is c1ccc(-c2cccc(-c3cc(-c4ccccc4)nc(-c4cccc(-c5cccc6c5Oc5ccccc5C65c6ccccc6-c6ccccc65)c4)n3)c2)cc1. The number of aromatic nitrogens is 2. The molecule has 2 heterocycles. The Bertz CT molecular complexity index is 2910. The summed E-state index contributed by atoms with van der Waals surface area (Å²) in [4.78, 5) is 10.4. The minimum atomic E-state index is -0.526. The zero-order valence-electron chi connectivity index (χ0n) is 30.4. The second-order valence-corrected chi connectivity index (χ2v) is 14.5. The molecule has 0 saturated carbocycles. The third-order valence-electron chi connectivity index (χ3n) is 11.4. The molecule has 3 heteroatoms. The van der Waals surface area contributed by atoms with E-state index in [0.717, 1.165) is 67.4 Å². The van der Waals surface area contributed by atoms with Crippen molar-refractivity contribution < 1.29 is 4.74 Å². The Labute approximate surface area is 326 Å². The Morgan fingerprint density at radius 2 is 0.804 bits per heavy atom. The van der Waals surface area contributed by atoms with Crippen molar-refractivity contribution in [2.75, 3.05) is 0 Å². The number of rotatable bonds is 5. The molecular formula is C53H34N2O. The molecule has 3 nitrogen and oxygen atoms in total. The second-order valence-electron chi connectivity index (χ2n) is 14.5. The van der Waals surface area contributed by atoms with E-state index in [1.54, 1.807) is 0 Å². The fourth-order valence-electron chi connectivity index (χ4n) is 8.90. The van der Waals surface area contributed by atoms with Crippen molar-refractivity contribution in [1.82, 2.24) is 9.97 Å². The van der Waals surface area contributed by atoms with Crippen LogP contribution in [0, 0.1) is 0 Å². The van der Waals surface area contributed by atoms with Crippen molar-refractivity contribution in [2.24, 2.45) is 0 Å². The molecule has 0 saturated heterocycles. The van der Waals surface area contributed by atoms with Crippen molar-refractivity contribution in [3.05, 3.63) is 229 Å². The van der Waals surface area contributed by atoms with Gasteiger partial charge in [-0.15, -0.1) is 0 Å². The van der Waals surface area contributed by atoms with Gasteiger partial charge < -0.3 is 4.74 Å². The average molecular weight is 715 g/mol. The van der Waals surface area contributed by atoms with Crippen LogP contribution in [0.15, 0.2) is 206 Å². The molecule has 9 aromatic rings. The maximum absolute atomic E-state index is 7.00. The Balaban J connectivity index is 1.08. The van der Waals surface area contributed by atoms with Crippen LogP contribution in [0.4, 0.5) is 0 Å². The van der Waals surface area contributed by atoms with Gasteiger partial charge >= 0.3 is 0 Å². The van der Waals surface area contributed by atoms with Gasteiger partial charge in [0.25, 0.3) is 0 Å². The van der Waals surface area contributed by atoms with Crippen LogP contribution in [0.25, 0.3) is 67.3 Å². The van der Waals surface area contributed by atoms with Crippen LogP contribution in [0.5, 0.6) is 11.5 Å². The van der Waals surface area contributed by atoms with Gasteiger partial charge in [0, 0.05) is 33.4 Å². The van der Waals surface area contributed by atoms with Gasteiger partial charge in [0.1, 0.15) is 11.5 Å². The largest absolute Gasteiger partial charge is 0.456 e. The standard InChI is InChI=1S/C53H34N2O/c1-3-16-35(17-4-1)37-20-13-22-39(32-37)49-34-48(36-18-5-2-6-19-36)54-52(55-49)40-23-14-21-38(33-40)41-26-15-30-47-51(41)56-50-31-12-11-29-46(50)53(47)44-27-9-7-24-42(44)43-25-8-10-28-45(43)53/h1-34H. The minimum Gasteiger partial charge on any atom is -0.456 e. The lowest BCUT2D eigenvalue weighted by atomic mass is 9.65. The van der Waals surface area contributed by atoms with Gasteiger partial charge in [0.05, 0.1) is 16.8 Å². The van der Waals surface area contributed by atoms with E-state index in [-0.39, 0.29) is 0 Å². The highest BCUT2D eigenvalue weighted by Crippen LogP contribution is 2.63. The summed E-state index contributed by atoms with van der Waals surface area (Å²) in [6.45, 7) is 0.